The number of hydrogen-bond acceptors (Lipinski definition) is 2. The molecule has 3 nitrogen and oxygen atoms in total. The van der Waals surface area contributed by atoms with Crippen LogP contribution in [0.25, 0.3) is 0 Å². The number of amides is 1. The molecule has 1 saturated carbocycles. The van der Waals surface area contributed by atoms with Crippen LogP contribution in [-0.4, -0.2) is 36.5 Å². The smallest absolute Gasteiger partial charge is 0.220 e. The molecule has 3 heteroatoms. The van der Waals surface area contributed by atoms with Crippen LogP contribution in [0, 0.1) is 5.92 Å². The van der Waals surface area contributed by atoms with E-state index in [1.807, 2.05) is 0 Å². The van der Waals surface area contributed by atoms with Crippen LogP contribution in [0.4, 0.5) is 0 Å². The van der Waals surface area contributed by atoms with Crippen molar-refractivity contribution in [2.75, 3.05) is 19.6 Å². The van der Waals surface area contributed by atoms with Crippen molar-refractivity contribution >= 4 is 5.91 Å². The molecule has 0 aromatic heterocycles. The zero-order valence-corrected chi connectivity index (χ0v) is 14.4. The number of nitrogens with one attached hydrogen (secondary N) is 1. The Labute approximate surface area is 141 Å². The van der Waals surface area contributed by atoms with Gasteiger partial charge in [-0.2, -0.15) is 0 Å². The Hall–Kier alpha value is -1.09. The zero-order valence-electron chi connectivity index (χ0n) is 14.4. The third-order valence-electron chi connectivity index (χ3n) is 5.72. The summed E-state index contributed by atoms with van der Waals surface area (Å²) in [6.07, 6.45) is 19.2. The summed E-state index contributed by atoms with van der Waals surface area (Å²) in [5.74, 6) is 1.05. The zero-order chi connectivity index (χ0) is 15.9. The van der Waals surface area contributed by atoms with E-state index in [9.17, 15) is 4.79 Å². The van der Waals surface area contributed by atoms with Gasteiger partial charge in [-0.3, -0.25) is 9.69 Å². The Morgan fingerprint density at radius 2 is 2.04 bits per heavy atom. The molecule has 3 rings (SSSR count). The fourth-order valence-corrected chi connectivity index (χ4v) is 4.28. The molecular weight excluding hydrogens is 284 g/mol. The van der Waals surface area contributed by atoms with Crippen LogP contribution in [0.5, 0.6) is 0 Å². The van der Waals surface area contributed by atoms with Gasteiger partial charge in [-0.15, -0.1) is 0 Å². The van der Waals surface area contributed by atoms with E-state index < -0.39 is 0 Å². The molecule has 0 spiro atoms. The molecule has 0 radical (unpaired) electrons. The van der Waals surface area contributed by atoms with E-state index in [1.165, 1.54) is 50.5 Å². The lowest BCUT2D eigenvalue weighted by Crippen LogP contribution is -2.41. The van der Waals surface area contributed by atoms with Gasteiger partial charge in [-0.1, -0.05) is 43.9 Å². The SMILES string of the molecule is O=C(CCC1CCCC1)NCC1=CCCN([C@H]2C=CCCC2)C1. The number of nitrogens with zero attached hydrogens (tertiary/aromatic N) is 1. The predicted molar refractivity (Wildman–Crippen MR) is 95.3 cm³/mol. The van der Waals surface area contributed by atoms with E-state index in [1.54, 1.807) is 0 Å². The minimum atomic E-state index is 0.243. The van der Waals surface area contributed by atoms with Crippen molar-refractivity contribution < 1.29 is 4.79 Å². The first-order valence-electron chi connectivity index (χ1n) is 9.66. The van der Waals surface area contributed by atoms with E-state index >= 15 is 0 Å². The first-order valence-corrected chi connectivity index (χ1v) is 9.66. The van der Waals surface area contributed by atoms with Crippen molar-refractivity contribution in [2.24, 2.45) is 5.92 Å². The third-order valence-corrected chi connectivity index (χ3v) is 5.72. The van der Waals surface area contributed by atoms with E-state index in [0.29, 0.717) is 12.5 Å². The van der Waals surface area contributed by atoms with E-state index in [-0.39, 0.29) is 5.91 Å². The molecule has 23 heavy (non-hydrogen) atoms. The molecule has 0 saturated heterocycles. The topological polar surface area (TPSA) is 32.3 Å². The van der Waals surface area contributed by atoms with Crippen molar-refractivity contribution in [3.05, 3.63) is 23.8 Å². The highest BCUT2D eigenvalue weighted by Crippen LogP contribution is 2.28. The molecule has 1 aliphatic heterocycles. The average Bonchev–Trinajstić information content (AvgIpc) is 3.13. The molecule has 0 bridgehead atoms. The Balaban J connectivity index is 1.37. The highest BCUT2D eigenvalue weighted by Gasteiger charge is 2.21. The maximum atomic E-state index is 12.1. The quantitative estimate of drug-likeness (QED) is 0.756. The van der Waals surface area contributed by atoms with Gasteiger partial charge in [0.1, 0.15) is 0 Å². The molecule has 1 heterocycles. The summed E-state index contributed by atoms with van der Waals surface area (Å²) >= 11 is 0. The number of rotatable bonds is 6. The van der Waals surface area contributed by atoms with Gasteiger partial charge in [0.25, 0.3) is 0 Å². The maximum absolute atomic E-state index is 12.1. The van der Waals surface area contributed by atoms with Gasteiger partial charge in [0.2, 0.25) is 5.91 Å². The summed E-state index contributed by atoms with van der Waals surface area (Å²) in [5, 5.41) is 3.15. The molecule has 1 fully saturated rings. The lowest BCUT2D eigenvalue weighted by molar-refractivity contribution is -0.121. The largest absolute Gasteiger partial charge is 0.352 e. The van der Waals surface area contributed by atoms with Crippen LogP contribution in [0.15, 0.2) is 23.8 Å². The van der Waals surface area contributed by atoms with Gasteiger partial charge in [-0.05, 0) is 43.6 Å². The predicted octanol–water partition coefficient (Wildman–Crippen LogP) is 3.81. The standard InChI is InChI=1S/C20H32N2O/c23-20(13-12-17-7-4-5-8-17)21-15-18-9-6-14-22(16-18)19-10-2-1-3-11-19/h2,9-10,17,19H,1,3-8,11-16H2,(H,21,23)/t19-/m0/s1. The van der Waals surface area contributed by atoms with Gasteiger partial charge in [-0.25, -0.2) is 0 Å². The molecule has 3 aliphatic rings. The fourth-order valence-electron chi connectivity index (χ4n) is 4.28. The first-order chi connectivity index (χ1) is 11.3. The van der Waals surface area contributed by atoms with E-state index in [4.69, 9.17) is 0 Å². The monoisotopic (exact) mass is 316 g/mol. The van der Waals surface area contributed by atoms with Crippen molar-refractivity contribution in [1.29, 1.82) is 0 Å². The van der Waals surface area contributed by atoms with Crippen LogP contribution in [-0.2, 0) is 4.79 Å². The minimum absolute atomic E-state index is 0.243. The molecule has 128 valence electrons. The average molecular weight is 316 g/mol. The second-order valence-corrected chi connectivity index (χ2v) is 7.51. The Morgan fingerprint density at radius 1 is 1.17 bits per heavy atom. The van der Waals surface area contributed by atoms with Gasteiger partial charge in [0, 0.05) is 32.1 Å². The number of allylic oxidation sites excluding steroid dienone is 1. The number of carbonyl (C=O) groups is 1. The van der Waals surface area contributed by atoms with Crippen LogP contribution >= 0.6 is 0 Å². The van der Waals surface area contributed by atoms with E-state index in [0.717, 1.165) is 38.4 Å². The van der Waals surface area contributed by atoms with Gasteiger partial charge in [0.15, 0.2) is 0 Å². The second kappa shape index (κ2) is 8.68. The molecule has 0 aromatic rings. The molecule has 1 amide bonds. The van der Waals surface area contributed by atoms with Crippen molar-refractivity contribution in [2.45, 2.75) is 70.3 Å². The summed E-state index contributed by atoms with van der Waals surface area (Å²) in [5.41, 5.74) is 1.39. The van der Waals surface area contributed by atoms with Crippen molar-refractivity contribution in [1.82, 2.24) is 10.2 Å². The molecular formula is C20H32N2O. The summed E-state index contributed by atoms with van der Waals surface area (Å²) in [6, 6.07) is 0.616. The fraction of sp³-hybridized carbons (Fsp3) is 0.750. The summed E-state index contributed by atoms with van der Waals surface area (Å²) in [6.45, 7) is 2.93. The van der Waals surface area contributed by atoms with Gasteiger partial charge < -0.3 is 5.32 Å². The number of hydrogen-bond donors (Lipinski definition) is 1. The highest BCUT2D eigenvalue weighted by molar-refractivity contribution is 5.76. The lowest BCUT2D eigenvalue weighted by Gasteiger charge is -2.34. The van der Waals surface area contributed by atoms with Crippen LogP contribution < -0.4 is 5.32 Å². The Morgan fingerprint density at radius 3 is 2.83 bits per heavy atom. The number of carbonyl (C=O) groups excluding carboxylic acids is 1. The molecule has 1 atom stereocenters. The highest BCUT2D eigenvalue weighted by atomic mass is 16.1. The van der Waals surface area contributed by atoms with Crippen LogP contribution in [0.2, 0.25) is 0 Å². The normalized spacial score (nSPS) is 26.3. The summed E-state index contributed by atoms with van der Waals surface area (Å²) < 4.78 is 0. The first kappa shape index (κ1) is 16.8. The van der Waals surface area contributed by atoms with Gasteiger partial charge >= 0.3 is 0 Å². The van der Waals surface area contributed by atoms with Crippen molar-refractivity contribution in [3.63, 3.8) is 0 Å². The van der Waals surface area contributed by atoms with Crippen LogP contribution in [0.1, 0.15) is 64.2 Å². The minimum Gasteiger partial charge on any atom is -0.352 e. The maximum Gasteiger partial charge on any atom is 0.220 e. The third kappa shape index (κ3) is 5.20. The lowest BCUT2D eigenvalue weighted by atomic mass is 9.98. The molecule has 1 N–H and O–H groups in total. The Bertz CT molecular complexity index is 449. The van der Waals surface area contributed by atoms with Crippen LogP contribution in [0.3, 0.4) is 0 Å². The summed E-state index contributed by atoms with van der Waals surface area (Å²) in [4.78, 5) is 14.6. The summed E-state index contributed by atoms with van der Waals surface area (Å²) in [7, 11) is 0. The molecule has 2 aliphatic carbocycles. The Kier molecular flexibility index (Phi) is 6.32. The van der Waals surface area contributed by atoms with E-state index in [2.05, 4.69) is 28.4 Å². The second-order valence-electron chi connectivity index (χ2n) is 7.51. The van der Waals surface area contributed by atoms with Gasteiger partial charge in [0.05, 0.1) is 0 Å². The van der Waals surface area contributed by atoms with Crippen molar-refractivity contribution in [3.8, 4) is 0 Å². The molecule has 0 aromatic carbocycles. The molecule has 0 unspecified atom stereocenters.